The lowest BCUT2D eigenvalue weighted by molar-refractivity contribution is -0.0508. The minimum absolute atomic E-state index is 0.0334. The highest BCUT2D eigenvalue weighted by Crippen LogP contribution is 2.30. The third kappa shape index (κ3) is 4.82. The molecule has 2 saturated heterocycles. The molecule has 0 aliphatic carbocycles. The number of rotatable bonds is 1. The Morgan fingerprint density at radius 3 is 2.19 bits per heavy atom. The van der Waals surface area contributed by atoms with E-state index in [-0.39, 0.29) is 38.0 Å². The molecule has 5 heteroatoms. The molecule has 0 radical (unpaired) electrons. The number of carbonyl (C=O) groups excluding carboxylic acids is 1. The van der Waals surface area contributed by atoms with Crippen molar-refractivity contribution in [3.63, 3.8) is 0 Å². The number of nitrogens with zero attached hydrogens (tertiary/aromatic N) is 2. The molecule has 0 aromatic rings. The summed E-state index contributed by atoms with van der Waals surface area (Å²) in [4.78, 5) is 16.0. The van der Waals surface area contributed by atoms with Gasteiger partial charge < -0.3 is 9.80 Å². The molecule has 1 atom stereocenters. The number of likely N-dealkylation sites (tertiary alicyclic amines) is 2. The number of piperidine rings is 2. The number of hydrogen-bond donors (Lipinski definition) is 0. The molecule has 0 saturated carbocycles. The second-order valence-corrected chi connectivity index (χ2v) is 6.13. The summed E-state index contributed by atoms with van der Waals surface area (Å²) in [5, 5.41) is 0. The van der Waals surface area contributed by atoms with E-state index in [9.17, 15) is 13.6 Å². The normalized spacial score (nSPS) is 25.4. The van der Waals surface area contributed by atoms with Crippen LogP contribution in [0.15, 0.2) is 0 Å². The summed E-state index contributed by atoms with van der Waals surface area (Å²) in [6.45, 7) is 9.40. The first-order chi connectivity index (χ1) is 9.91. The summed E-state index contributed by atoms with van der Waals surface area (Å²) in [6.07, 6.45) is 2.83. The number of urea groups is 1. The van der Waals surface area contributed by atoms with Gasteiger partial charge in [0.1, 0.15) is 0 Å². The van der Waals surface area contributed by atoms with Crippen molar-refractivity contribution in [2.75, 3.05) is 19.6 Å². The second kappa shape index (κ2) is 7.95. The van der Waals surface area contributed by atoms with Gasteiger partial charge in [0, 0.05) is 38.5 Å². The maximum Gasteiger partial charge on any atom is 0.320 e. The van der Waals surface area contributed by atoms with Crippen molar-refractivity contribution in [3.8, 4) is 0 Å². The van der Waals surface area contributed by atoms with E-state index in [1.54, 1.807) is 4.90 Å². The number of carbonyl (C=O) groups is 1. The van der Waals surface area contributed by atoms with Crippen molar-refractivity contribution in [1.29, 1.82) is 0 Å². The largest absolute Gasteiger partial charge is 0.324 e. The topological polar surface area (TPSA) is 23.6 Å². The summed E-state index contributed by atoms with van der Waals surface area (Å²) in [5.41, 5.74) is 0. The van der Waals surface area contributed by atoms with E-state index in [2.05, 4.69) is 13.8 Å². The van der Waals surface area contributed by atoms with Crippen LogP contribution in [0.1, 0.15) is 59.8 Å². The third-order valence-electron chi connectivity index (χ3n) is 4.33. The second-order valence-electron chi connectivity index (χ2n) is 6.13. The first kappa shape index (κ1) is 18.2. The zero-order valence-electron chi connectivity index (χ0n) is 13.9. The standard InChI is InChI=1S/C14H24F2N2O.C2H6/c1-11(2)12-5-3-4-8-18(12)13(19)17-9-6-14(15,16)7-10-17;1-2/h11-12H,3-10H2,1-2H3;1-2H3. The van der Waals surface area contributed by atoms with Crippen molar-refractivity contribution in [2.45, 2.75) is 71.8 Å². The zero-order chi connectivity index (χ0) is 16.0. The number of hydrogen-bond acceptors (Lipinski definition) is 1. The van der Waals surface area contributed by atoms with Gasteiger partial charge in [-0.1, -0.05) is 27.7 Å². The van der Waals surface area contributed by atoms with Crippen LogP contribution in [0.5, 0.6) is 0 Å². The fraction of sp³-hybridized carbons (Fsp3) is 0.938. The van der Waals surface area contributed by atoms with E-state index in [1.165, 1.54) is 0 Å². The molecule has 0 spiro atoms. The van der Waals surface area contributed by atoms with E-state index in [4.69, 9.17) is 0 Å². The van der Waals surface area contributed by atoms with Gasteiger partial charge in [-0.3, -0.25) is 0 Å². The Balaban J connectivity index is 0.00000106. The van der Waals surface area contributed by atoms with Gasteiger partial charge in [0.15, 0.2) is 0 Å². The SMILES string of the molecule is CC.CC(C)C1CCCCN1C(=O)N1CCC(F)(F)CC1. The molecule has 2 rings (SSSR count). The highest BCUT2D eigenvalue weighted by atomic mass is 19.3. The Bertz CT molecular complexity index is 324. The summed E-state index contributed by atoms with van der Waals surface area (Å²) < 4.78 is 26.3. The zero-order valence-corrected chi connectivity index (χ0v) is 13.9. The highest BCUT2D eigenvalue weighted by Gasteiger charge is 2.38. The fourth-order valence-electron chi connectivity index (χ4n) is 3.09. The summed E-state index contributed by atoms with van der Waals surface area (Å²) in [5.74, 6) is -2.16. The maximum atomic E-state index is 13.1. The van der Waals surface area contributed by atoms with Crippen molar-refractivity contribution < 1.29 is 13.6 Å². The monoisotopic (exact) mass is 304 g/mol. The van der Waals surface area contributed by atoms with E-state index in [1.807, 2.05) is 18.7 Å². The van der Waals surface area contributed by atoms with Gasteiger partial charge in [-0.15, -0.1) is 0 Å². The minimum Gasteiger partial charge on any atom is -0.324 e. The molecule has 2 aliphatic rings. The molecular formula is C16H30F2N2O. The van der Waals surface area contributed by atoms with Gasteiger partial charge in [-0.2, -0.15) is 0 Å². The summed E-state index contributed by atoms with van der Waals surface area (Å²) in [6, 6.07) is 0.234. The Kier molecular flexibility index (Phi) is 6.88. The van der Waals surface area contributed by atoms with Gasteiger partial charge in [-0.05, 0) is 25.2 Å². The van der Waals surface area contributed by atoms with E-state index < -0.39 is 5.92 Å². The van der Waals surface area contributed by atoms with Crippen LogP contribution >= 0.6 is 0 Å². The van der Waals surface area contributed by atoms with E-state index in [0.29, 0.717) is 5.92 Å². The van der Waals surface area contributed by atoms with Gasteiger partial charge in [-0.25, -0.2) is 13.6 Å². The first-order valence-corrected chi connectivity index (χ1v) is 8.34. The van der Waals surface area contributed by atoms with Crippen LogP contribution in [-0.2, 0) is 0 Å². The number of alkyl halides is 2. The molecule has 0 aromatic heterocycles. The van der Waals surface area contributed by atoms with Crippen molar-refractivity contribution in [2.24, 2.45) is 5.92 Å². The molecule has 2 amide bonds. The van der Waals surface area contributed by atoms with Crippen LogP contribution < -0.4 is 0 Å². The van der Waals surface area contributed by atoms with E-state index >= 15 is 0 Å². The average molecular weight is 304 g/mol. The highest BCUT2D eigenvalue weighted by molar-refractivity contribution is 5.75. The molecule has 124 valence electrons. The molecule has 0 bridgehead atoms. The molecule has 2 aliphatic heterocycles. The van der Waals surface area contributed by atoms with Gasteiger partial charge >= 0.3 is 6.03 Å². The number of halogens is 2. The van der Waals surface area contributed by atoms with Crippen LogP contribution in [0.25, 0.3) is 0 Å². The predicted molar refractivity (Wildman–Crippen MR) is 81.7 cm³/mol. The third-order valence-corrected chi connectivity index (χ3v) is 4.33. The molecule has 0 aromatic carbocycles. The van der Waals surface area contributed by atoms with Crippen LogP contribution in [0.4, 0.5) is 13.6 Å². The van der Waals surface area contributed by atoms with Crippen molar-refractivity contribution >= 4 is 6.03 Å². The molecule has 2 heterocycles. The Morgan fingerprint density at radius 2 is 1.67 bits per heavy atom. The van der Waals surface area contributed by atoms with Crippen LogP contribution in [0.2, 0.25) is 0 Å². The predicted octanol–water partition coefficient (Wildman–Crippen LogP) is 4.37. The lowest BCUT2D eigenvalue weighted by atomic mass is 9.93. The maximum absolute atomic E-state index is 13.1. The van der Waals surface area contributed by atoms with Crippen LogP contribution in [-0.4, -0.2) is 47.4 Å². The smallest absolute Gasteiger partial charge is 0.320 e. The Hall–Kier alpha value is -0.870. The Labute approximate surface area is 127 Å². The molecule has 1 unspecified atom stereocenters. The quantitative estimate of drug-likeness (QED) is 0.705. The molecule has 21 heavy (non-hydrogen) atoms. The van der Waals surface area contributed by atoms with E-state index in [0.717, 1.165) is 25.8 Å². The lowest BCUT2D eigenvalue weighted by Gasteiger charge is -2.42. The minimum atomic E-state index is -2.59. The molecular weight excluding hydrogens is 274 g/mol. The molecule has 0 N–H and O–H groups in total. The first-order valence-electron chi connectivity index (χ1n) is 8.34. The fourth-order valence-corrected chi connectivity index (χ4v) is 3.09. The van der Waals surface area contributed by atoms with Gasteiger partial charge in [0.25, 0.3) is 5.92 Å². The summed E-state index contributed by atoms with van der Waals surface area (Å²) >= 11 is 0. The van der Waals surface area contributed by atoms with Crippen LogP contribution in [0.3, 0.4) is 0 Å². The number of amides is 2. The Morgan fingerprint density at radius 1 is 1.10 bits per heavy atom. The van der Waals surface area contributed by atoms with Crippen LogP contribution in [0, 0.1) is 5.92 Å². The van der Waals surface area contributed by atoms with Gasteiger partial charge in [0.05, 0.1) is 0 Å². The van der Waals surface area contributed by atoms with Crippen molar-refractivity contribution in [3.05, 3.63) is 0 Å². The molecule has 3 nitrogen and oxygen atoms in total. The molecule has 2 fully saturated rings. The lowest BCUT2D eigenvalue weighted by Crippen LogP contribution is -2.54. The van der Waals surface area contributed by atoms with Crippen molar-refractivity contribution in [1.82, 2.24) is 9.80 Å². The summed E-state index contributed by atoms with van der Waals surface area (Å²) in [7, 11) is 0. The average Bonchev–Trinajstić information content (AvgIpc) is 2.48. The van der Waals surface area contributed by atoms with Gasteiger partial charge in [0.2, 0.25) is 0 Å².